The zero-order valence-corrected chi connectivity index (χ0v) is 20.4. The molecule has 174 valence electrons. The fraction of sp³-hybridized carbons (Fsp3) is 0.286. The number of aromatic nitrogens is 1. The molecule has 1 aliphatic rings. The van der Waals surface area contributed by atoms with Gasteiger partial charge in [-0.25, -0.2) is 0 Å². The van der Waals surface area contributed by atoms with Crippen molar-refractivity contribution < 1.29 is 4.79 Å². The van der Waals surface area contributed by atoms with E-state index in [1.807, 2.05) is 42.5 Å². The highest BCUT2D eigenvalue weighted by atomic mass is 32.1. The van der Waals surface area contributed by atoms with Crippen molar-refractivity contribution in [1.82, 2.24) is 9.27 Å². The second-order valence-electron chi connectivity index (χ2n) is 8.74. The number of hydrogen-bond donors (Lipinski definition) is 1. The van der Waals surface area contributed by atoms with Crippen LogP contribution in [-0.4, -0.2) is 47.9 Å². The molecule has 6 heteroatoms. The van der Waals surface area contributed by atoms with Gasteiger partial charge in [0.2, 0.25) is 0 Å². The SMILES string of the molecule is CCc1ccc(C(=O)Nc2ccccc2CCN2CCN(c3nsc4ccccc34)CC2)cc1. The van der Waals surface area contributed by atoms with Crippen molar-refractivity contribution in [2.75, 3.05) is 42.9 Å². The maximum atomic E-state index is 12.8. The standard InChI is InChI=1S/C28H30N4OS/c1-2-21-11-13-23(14-12-21)28(33)29-25-9-5-3-7-22(25)15-16-31-17-19-32(20-18-31)27-24-8-4-6-10-26(24)34-30-27/h3-14H,2,15-20H2,1H3,(H,29,33). The average molecular weight is 471 g/mol. The lowest BCUT2D eigenvalue weighted by Crippen LogP contribution is -2.47. The molecule has 0 radical (unpaired) electrons. The Balaban J connectivity index is 1.17. The molecule has 1 fully saturated rings. The number of nitrogens with zero attached hydrogens (tertiary/aromatic N) is 3. The number of hydrogen-bond acceptors (Lipinski definition) is 5. The van der Waals surface area contributed by atoms with E-state index < -0.39 is 0 Å². The minimum Gasteiger partial charge on any atom is -0.353 e. The number of carbonyl (C=O) groups is 1. The number of fused-ring (bicyclic) bond motifs is 1. The van der Waals surface area contributed by atoms with Crippen molar-refractivity contribution >= 4 is 39.0 Å². The lowest BCUT2D eigenvalue weighted by Gasteiger charge is -2.35. The van der Waals surface area contributed by atoms with Crippen LogP contribution in [0.1, 0.15) is 28.4 Å². The van der Waals surface area contributed by atoms with Gasteiger partial charge in [0.1, 0.15) is 5.82 Å². The van der Waals surface area contributed by atoms with Crippen LogP contribution in [0.15, 0.2) is 72.8 Å². The molecule has 5 nitrogen and oxygen atoms in total. The van der Waals surface area contributed by atoms with E-state index in [0.717, 1.165) is 57.1 Å². The molecule has 0 saturated carbocycles. The molecule has 1 saturated heterocycles. The van der Waals surface area contributed by atoms with Crippen molar-refractivity contribution in [3.63, 3.8) is 0 Å². The van der Waals surface area contributed by atoms with Gasteiger partial charge >= 0.3 is 0 Å². The lowest BCUT2D eigenvalue weighted by atomic mass is 10.1. The Morgan fingerprint density at radius 2 is 1.68 bits per heavy atom. The highest BCUT2D eigenvalue weighted by molar-refractivity contribution is 7.13. The number of aryl methyl sites for hydroxylation is 1. The van der Waals surface area contributed by atoms with Gasteiger partial charge in [0.05, 0.1) is 4.70 Å². The minimum atomic E-state index is -0.0563. The molecule has 0 bridgehead atoms. The molecule has 1 aliphatic heterocycles. The van der Waals surface area contributed by atoms with Crippen LogP contribution in [0.3, 0.4) is 0 Å². The third-order valence-corrected chi connectivity index (χ3v) is 7.43. The number of nitrogens with one attached hydrogen (secondary N) is 1. The Morgan fingerprint density at radius 3 is 2.47 bits per heavy atom. The Labute approximate surface area is 205 Å². The van der Waals surface area contributed by atoms with Crippen molar-refractivity contribution in [2.24, 2.45) is 0 Å². The van der Waals surface area contributed by atoms with E-state index >= 15 is 0 Å². The number of rotatable bonds is 7. The number of piperazine rings is 1. The van der Waals surface area contributed by atoms with Gasteiger partial charge in [-0.05, 0) is 65.8 Å². The second-order valence-corrected chi connectivity index (χ2v) is 9.55. The number of para-hydroxylation sites is 1. The van der Waals surface area contributed by atoms with Crippen molar-refractivity contribution in [2.45, 2.75) is 19.8 Å². The molecule has 34 heavy (non-hydrogen) atoms. The van der Waals surface area contributed by atoms with E-state index in [-0.39, 0.29) is 5.91 Å². The van der Waals surface area contributed by atoms with Crippen molar-refractivity contribution in [3.8, 4) is 0 Å². The predicted octanol–water partition coefficient (Wildman–Crippen LogP) is 5.48. The third-order valence-electron chi connectivity index (χ3n) is 6.62. The van der Waals surface area contributed by atoms with Gasteiger partial charge < -0.3 is 10.2 Å². The molecular weight excluding hydrogens is 440 g/mol. The number of anilines is 2. The van der Waals surface area contributed by atoms with E-state index in [1.165, 1.54) is 21.2 Å². The first-order valence-corrected chi connectivity index (χ1v) is 12.8. The van der Waals surface area contributed by atoms with Gasteiger partial charge in [0, 0.05) is 49.4 Å². The molecule has 2 heterocycles. The van der Waals surface area contributed by atoms with Crippen LogP contribution in [0.4, 0.5) is 11.5 Å². The molecule has 5 rings (SSSR count). The summed E-state index contributed by atoms with van der Waals surface area (Å²) in [7, 11) is 0. The van der Waals surface area contributed by atoms with Crippen molar-refractivity contribution in [3.05, 3.63) is 89.5 Å². The van der Waals surface area contributed by atoms with Gasteiger partial charge in [-0.3, -0.25) is 9.69 Å². The lowest BCUT2D eigenvalue weighted by molar-refractivity contribution is 0.102. The summed E-state index contributed by atoms with van der Waals surface area (Å²) in [4.78, 5) is 17.7. The summed E-state index contributed by atoms with van der Waals surface area (Å²) < 4.78 is 5.97. The van der Waals surface area contributed by atoms with Gasteiger partial charge in [0.15, 0.2) is 0 Å². The van der Waals surface area contributed by atoms with Gasteiger partial charge in [-0.2, -0.15) is 4.37 Å². The number of benzene rings is 3. The van der Waals surface area contributed by atoms with E-state index in [4.69, 9.17) is 4.37 Å². The number of amides is 1. The van der Waals surface area contributed by atoms with Gasteiger partial charge in [-0.15, -0.1) is 0 Å². The first kappa shape index (κ1) is 22.6. The molecule has 0 atom stereocenters. The maximum absolute atomic E-state index is 12.8. The predicted molar refractivity (Wildman–Crippen MR) is 142 cm³/mol. The third kappa shape index (κ3) is 4.98. The average Bonchev–Trinajstić information content (AvgIpc) is 3.33. The fourth-order valence-corrected chi connectivity index (χ4v) is 5.30. The highest BCUT2D eigenvalue weighted by Gasteiger charge is 2.21. The quantitative estimate of drug-likeness (QED) is 0.389. The van der Waals surface area contributed by atoms with Crippen LogP contribution in [0.5, 0.6) is 0 Å². The van der Waals surface area contributed by atoms with Crippen LogP contribution in [0.25, 0.3) is 10.1 Å². The van der Waals surface area contributed by atoms with Crippen LogP contribution < -0.4 is 10.2 Å². The van der Waals surface area contributed by atoms with E-state index in [2.05, 4.69) is 52.4 Å². The summed E-state index contributed by atoms with van der Waals surface area (Å²) >= 11 is 1.58. The van der Waals surface area contributed by atoms with Crippen LogP contribution >= 0.6 is 11.5 Å². The first-order chi connectivity index (χ1) is 16.7. The summed E-state index contributed by atoms with van der Waals surface area (Å²) in [6.45, 7) is 7.10. The van der Waals surface area contributed by atoms with E-state index in [1.54, 1.807) is 11.5 Å². The first-order valence-electron chi connectivity index (χ1n) is 12.0. The minimum absolute atomic E-state index is 0.0563. The largest absolute Gasteiger partial charge is 0.353 e. The summed E-state index contributed by atoms with van der Waals surface area (Å²) in [5, 5.41) is 4.38. The number of carbonyl (C=O) groups excluding carboxylic acids is 1. The molecule has 0 spiro atoms. The van der Waals surface area contributed by atoms with Gasteiger partial charge in [-0.1, -0.05) is 49.4 Å². The topological polar surface area (TPSA) is 48.5 Å². The Morgan fingerprint density at radius 1 is 0.941 bits per heavy atom. The zero-order chi connectivity index (χ0) is 23.3. The maximum Gasteiger partial charge on any atom is 0.255 e. The molecule has 0 unspecified atom stereocenters. The Kier molecular flexibility index (Phi) is 6.88. The molecule has 4 aromatic rings. The van der Waals surface area contributed by atoms with E-state index in [0.29, 0.717) is 5.56 Å². The summed E-state index contributed by atoms with van der Waals surface area (Å²) in [5.74, 6) is 1.07. The van der Waals surface area contributed by atoms with Crippen molar-refractivity contribution in [1.29, 1.82) is 0 Å². The molecule has 1 N–H and O–H groups in total. The Hall–Kier alpha value is -3.22. The van der Waals surface area contributed by atoms with Crippen LogP contribution in [-0.2, 0) is 12.8 Å². The smallest absolute Gasteiger partial charge is 0.255 e. The summed E-state index contributed by atoms with van der Waals surface area (Å²) in [5.41, 5.74) is 4.01. The van der Waals surface area contributed by atoms with E-state index in [9.17, 15) is 4.79 Å². The summed E-state index contributed by atoms with van der Waals surface area (Å²) in [6, 6.07) is 24.5. The normalized spacial score (nSPS) is 14.4. The monoisotopic (exact) mass is 470 g/mol. The van der Waals surface area contributed by atoms with Gasteiger partial charge in [0.25, 0.3) is 5.91 Å². The van der Waals surface area contributed by atoms with Crippen LogP contribution in [0.2, 0.25) is 0 Å². The molecule has 1 aromatic heterocycles. The van der Waals surface area contributed by atoms with Crippen LogP contribution in [0, 0.1) is 0 Å². The second kappa shape index (κ2) is 10.4. The molecular formula is C28H30N4OS. The highest BCUT2D eigenvalue weighted by Crippen LogP contribution is 2.30. The molecule has 0 aliphatic carbocycles. The zero-order valence-electron chi connectivity index (χ0n) is 19.5. The fourth-order valence-electron chi connectivity index (χ4n) is 4.51. The summed E-state index contributed by atoms with van der Waals surface area (Å²) in [6.07, 6.45) is 1.88. The Bertz CT molecular complexity index is 1260. The molecule has 3 aromatic carbocycles. The molecule has 1 amide bonds.